The maximum atomic E-state index is 13.4. The molecule has 1 aliphatic rings. The molecule has 20 heavy (non-hydrogen) atoms. The van der Waals surface area contributed by atoms with E-state index in [2.05, 4.69) is 9.88 Å². The Morgan fingerprint density at radius 1 is 1.05 bits per heavy atom. The number of nitrogen functional groups attached to an aromatic ring is 1. The number of likely N-dealkylation sites (tertiary alicyclic amines) is 1. The molecule has 1 aromatic heterocycles. The third-order valence-corrected chi connectivity index (χ3v) is 3.91. The van der Waals surface area contributed by atoms with Crippen LogP contribution in [0.1, 0.15) is 19.3 Å². The van der Waals surface area contributed by atoms with Crippen molar-refractivity contribution in [2.24, 2.45) is 0 Å². The molecular formula is C14H18F2N4. The van der Waals surface area contributed by atoms with Gasteiger partial charge in [0, 0.05) is 25.2 Å². The Morgan fingerprint density at radius 3 is 2.50 bits per heavy atom. The number of aromatic nitrogens is 2. The molecule has 1 saturated heterocycles. The number of hydrogen-bond acceptors (Lipinski definition) is 3. The van der Waals surface area contributed by atoms with Crippen LogP contribution in [0.5, 0.6) is 0 Å². The third-order valence-electron chi connectivity index (χ3n) is 3.91. The van der Waals surface area contributed by atoms with Crippen LogP contribution in [0, 0.1) is 11.6 Å². The van der Waals surface area contributed by atoms with E-state index in [1.807, 2.05) is 0 Å². The zero-order valence-corrected chi connectivity index (χ0v) is 11.3. The van der Waals surface area contributed by atoms with Crippen molar-refractivity contribution in [1.82, 2.24) is 14.5 Å². The van der Waals surface area contributed by atoms with Crippen molar-refractivity contribution in [3.05, 3.63) is 23.8 Å². The number of rotatable bonds is 3. The average Bonchev–Trinajstić information content (AvgIpc) is 2.73. The fourth-order valence-electron chi connectivity index (χ4n) is 2.80. The Bertz CT molecular complexity index is 617. The Morgan fingerprint density at radius 2 is 1.75 bits per heavy atom. The topological polar surface area (TPSA) is 47.1 Å². The fraction of sp³-hybridized carbons (Fsp3) is 0.500. The van der Waals surface area contributed by atoms with E-state index in [-0.39, 0.29) is 0 Å². The quantitative estimate of drug-likeness (QED) is 0.939. The standard InChI is InChI=1S/C14H18F2N4/c15-10-8-12-13(9-11(10)16)20(14(17)18-12)7-6-19-4-2-1-3-5-19/h8-9H,1-7H2,(H2,17,18). The second kappa shape index (κ2) is 5.36. The molecule has 0 atom stereocenters. The van der Waals surface area contributed by atoms with Gasteiger partial charge in [-0.3, -0.25) is 0 Å². The van der Waals surface area contributed by atoms with Gasteiger partial charge in [-0.05, 0) is 25.9 Å². The molecule has 108 valence electrons. The molecule has 0 aliphatic carbocycles. The summed E-state index contributed by atoms with van der Waals surface area (Å²) in [6, 6.07) is 2.27. The van der Waals surface area contributed by atoms with Gasteiger partial charge >= 0.3 is 0 Å². The van der Waals surface area contributed by atoms with E-state index >= 15 is 0 Å². The summed E-state index contributed by atoms with van der Waals surface area (Å²) < 4.78 is 28.3. The predicted octanol–water partition coefficient (Wildman–Crippen LogP) is 2.38. The second-order valence-electron chi connectivity index (χ2n) is 5.28. The molecule has 1 aromatic carbocycles. The van der Waals surface area contributed by atoms with Crippen molar-refractivity contribution < 1.29 is 8.78 Å². The number of halogens is 2. The highest BCUT2D eigenvalue weighted by atomic mass is 19.2. The van der Waals surface area contributed by atoms with E-state index in [9.17, 15) is 8.78 Å². The highest BCUT2D eigenvalue weighted by molar-refractivity contribution is 5.78. The minimum atomic E-state index is -0.891. The van der Waals surface area contributed by atoms with Gasteiger partial charge in [0.1, 0.15) is 0 Å². The maximum absolute atomic E-state index is 13.4. The van der Waals surface area contributed by atoms with Crippen LogP contribution in [-0.4, -0.2) is 34.1 Å². The third kappa shape index (κ3) is 2.47. The lowest BCUT2D eigenvalue weighted by molar-refractivity contribution is 0.222. The van der Waals surface area contributed by atoms with E-state index in [0.717, 1.165) is 25.7 Å². The summed E-state index contributed by atoms with van der Waals surface area (Å²) in [7, 11) is 0. The molecule has 4 nitrogen and oxygen atoms in total. The lowest BCUT2D eigenvalue weighted by atomic mass is 10.1. The molecular weight excluding hydrogens is 262 g/mol. The number of nitrogens with zero attached hydrogens (tertiary/aromatic N) is 3. The molecule has 6 heteroatoms. The Hall–Kier alpha value is -1.69. The number of nitrogens with two attached hydrogens (primary N) is 1. The summed E-state index contributed by atoms with van der Waals surface area (Å²) in [5.74, 6) is -1.45. The van der Waals surface area contributed by atoms with Gasteiger partial charge in [-0.2, -0.15) is 0 Å². The van der Waals surface area contributed by atoms with Gasteiger partial charge in [0.2, 0.25) is 5.95 Å². The molecule has 1 fully saturated rings. The zero-order valence-electron chi connectivity index (χ0n) is 11.3. The molecule has 0 unspecified atom stereocenters. The van der Waals surface area contributed by atoms with Gasteiger partial charge in [0.25, 0.3) is 0 Å². The number of hydrogen-bond donors (Lipinski definition) is 1. The lowest BCUT2D eigenvalue weighted by Gasteiger charge is -2.26. The zero-order chi connectivity index (χ0) is 14.1. The molecule has 1 aliphatic heterocycles. The molecule has 2 aromatic rings. The van der Waals surface area contributed by atoms with Gasteiger partial charge in [-0.1, -0.05) is 6.42 Å². The van der Waals surface area contributed by atoms with Crippen molar-refractivity contribution >= 4 is 17.0 Å². The van der Waals surface area contributed by atoms with Crippen LogP contribution < -0.4 is 5.73 Å². The summed E-state index contributed by atoms with van der Waals surface area (Å²) in [4.78, 5) is 6.46. The smallest absolute Gasteiger partial charge is 0.201 e. The molecule has 0 saturated carbocycles. The number of fused-ring (bicyclic) bond motifs is 1. The summed E-state index contributed by atoms with van der Waals surface area (Å²) in [5, 5.41) is 0. The van der Waals surface area contributed by atoms with Crippen LogP contribution >= 0.6 is 0 Å². The summed E-state index contributed by atoms with van der Waals surface area (Å²) in [6.45, 7) is 3.69. The van der Waals surface area contributed by atoms with Crippen molar-refractivity contribution in [2.75, 3.05) is 25.4 Å². The summed E-state index contributed by atoms with van der Waals surface area (Å²) >= 11 is 0. The SMILES string of the molecule is Nc1nc2cc(F)c(F)cc2n1CCN1CCCCC1. The highest BCUT2D eigenvalue weighted by Gasteiger charge is 2.14. The molecule has 0 amide bonds. The van der Waals surface area contributed by atoms with E-state index < -0.39 is 11.6 Å². The predicted molar refractivity (Wildman–Crippen MR) is 74.4 cm³/mol. The normalized spacial score (nSPS) is 16.9. The molecule has 2 N–H and O–H groups in total. The van der Waals surface area contributed by atoms with Crippen molar-refractivity contribution in [3.63, 3.8) is 0 Å². The molecule has 0 spiro atoms. The Balaban J connectivity index is 1.83. The Kier molecular flexibility index (Phi) is 3.56. The van der Waals surface area contributed by atoms with Gasteiger partial charge in [0.05, 0.1) is 11.0 Å². The number of piperidine rings is 1. The minimum Gasteiger partial charge on any atom is -0.369 e. The van der Waals surface area contributed by atoms with Crippen molar-refractivity contribution in [3.8, 4) is 0 Å². The summed E-state index contributed by atoms with van der Waals surface area (Å²) in [6.07, 6.45) is 3.73. The minimum absolute atomic E-state index is 0.307. The van der Waals surface area contributed by atoms with Crippen LogP contribution in [-0.2, 0) is 6.54 Å². The molecule has 0 radical (unpaired) electrons. The molecule has 0 bridgehead atoms. The Labute approximate surface area is 116 Å². The van der Waals surface area contributed by atoms with Crippen molar-refractivity contribution in [1.29, 1.82) is 0 Å². The van der Waals surface area contributed by atoms with E-state index in [0.29, 0.717) is 23.5 Å². The highest BCUT2D eigenvalue weighted by Crippen LogP contribution is 2.21. The maximum Gasteiger partial charge on any atom is 0.201 e. The van der Waals surface area contributed by atoms with Crippen LogP contribution in [0.2, 0.25) is 0 Å². The first-order chi connectivity index (χ1) is 9.65. The number of benzene rings is 1. The average molecular weight is 280 g/mol. The molecule has 2 heterocycles. The largest absolute Gasteiger partial charge is 0.369 e. The van der Waals surface area contributed by atoms with E-state index in [1.54, 1.807) is 4.57 Å². The van der Waals surface area contributed by atoms with Gasteiger partial charge in [-0.25, -0.2) is 13.8 Å². The summed E-state index contributed by atoms with van der Waals surface area (Å²) in [5.41, 5.74) is 6.81. The first-order valence-corrected chi connectivity index (χ1v) is 6.98. The number of anilines is 1. The van der Waals surface area contributed by atoms with E-state index in [4.69, 9.17) is 5.73 Å². The van der Waals surface area contributed by atoms with Crippen LogP contribution in [0.3, 0.4) is 0 Å². The van der Waals surface area contributed by atoms with Crippen LogP contribution in [0.25, 0.3) is 11.0 Å². The first kappa shape index (κ1) is 13.3. The van der Waals surface area contributed by atoms with E-state index in [1.165, 1.54) is 25.3 Å². The fourth-order valence-corrected chi connectivity index (χ4v) is 2.80. The lowest BCUT2D eigenvalue weighted by Crippen LogP contribution is -2.32. The van der Waals surface area contributed by atoms with Gasteiger partial charge in [-0.15, -0.1) is 0 Å². The van der Waals surface area contributed by atoms with Crippen molar-refractivity contribution in [2.45, 2.75) is 25.8 Å². The van der Waals surface area contributed by atoms with Gasteiger partial charge in [0.15, 0.2) is 11.6 Å². The molecule has 3 rings (SSSR count). The van der Waals surface area contributed by atoms with Gasteiger partial charge < -0.3 is 15.2 Å². The monoisotopic (exact) mass is 280 g/mol. The second-order valence-corrected chi connectivity index (χ2v) is 5.28. The van der Waals surface area contributed by atoms with Crippen LogP contribution in [0.15, 0.2) is 12.1 Å². The number of imidazole rings is 1. The first-order valence-electron chi connectivity index (χ1n) is 6.98. The van der Waals surface area contributed by atoms with Crippen LogP contribution in [0.4, 0.5) is 14.7 Å².